The van der Waals surface area contributed by atoms with Gasteiger partial charge in [-0.25, -0.2) is 0 Å². The molecule has 3 N–H and O–H groups in total. The number of amides is 3. The Kier molecular flexibility index (Phi) is 5.49. The van der Waals surface area contributed by atoms with Gasteiger partial charge < -0.3 is 25.1 Å². The van der Waals surface area contributed by atoms with Crippen molar-refractivity contribution in [3.63, 3.8) is 0 Å². The highest BCUT2D eigenvalue weighted by atomic mass is 32.2. The molecule has 1 saturated heterocycles. The summed E-state index contributed by atoms with van der Waals surface area (Å²) < 4.78 is 5.39. The van der Waals surface area contributed by atoms with E-state index in [1.165, 1.54) is 4.90 Å². The van der Waals surface area contributed by atoms with Crippen molar-refractivity contribution >= 4 is 41.1 Å². The fourth-order valence-electron chi connectivity index (χ4n) is 3.71. The summed E-state index contributed by atoms with van der Waals surface area (Å²) in [5.74, 6) is -1.45. The Morgan fingerprint density at radius 3 is 2.83 bits per heavy atom. The first-order chi connectivity index (χ1) is 14.4. The molecule has 2 atom stereocenters. The monoisotopic (exact) mass is 429 g/mol. The lowest BCUT2D eigenvalue weighted by Gasteiger charge is -2.20. The molecule has 3 heterocycles. The molecule has 1 aromatic heterocycles. The summed E-state index contributed by atoms with van der Waals surface area (Å²) in [6, 6.07) is 7.63. The number of carboxylic acids is 1. The van der Waals surface area contributed by atoms with Crippen LogP contribution in [0.1, 0.15) is 16.8 Å². The van der Waals surface area contributed by atoms with E-state index in [9.17, 15) is 19.2 Å². The van der Waals surface area contributed by atoms with Gasteiger partial charge in [0.05, 0.1) is 29.0 Å². The molecule has 4 rings (SSSR count). The fourth-order valence-corrected chi connectivity index (χ4v) is 4.26. The summed E-state index contributed by atoms with van der Waals surface area (Å²) >= 11 is 0.993. The van der Waals surface area contributed by atoms with Crippen LogP contribution < -0.4 is 10.6 Å². The number of rotatable bonds is 6. The van der Waals surface area contributed by atoms with Crippen molar-refractivity contribution in [1.82, 2.24) is 10.2 Å². The number of hydrogen-bond donors (Lipinski definition) is 3. The lowest BCUT2D eigenvalue weighted by molar-refractivity contribution is -0.133. The van der Waals surface area contributed by atoms with E-state index in [0.717, 1.165) is 17.3 Å². The lowest BCUT2D eigenvalue weighted by atomic mass is 10.1. The van der Waals surface area contributed by atoms with Crippen LogP contribution in [-0.2, 0) is 14.4 Å². The van der Waals surface area contributed by atoms with Gasteiger partial charge in [0.15, 0.2) is 0 Å². The zero-order valence-electron chi connectivity index (χ0n) is 15.8. The first kappa shape index (κ1) is 20.0. The summed E-state index contributed by atoms with van der Waals surface area (Å²) in [7, 11) is 0. The second-order valence-corrected chi connectivity index (χ2v) is 8.07. The van der Waals surface area contributed by atoms with Gasteiger partial charge in [-0.2, -0.15) is 0 Å². The van der Waals surface area contributed by atoms with Crippen LogP contribution in [0.3, 0.4) is 0 Å². The third-order valence-corrected chi connectivity index (χ3v) is 5.92. The number of fused-ring (bicyclic) bond motifs is 2. The van der Waals surface area contributed by atoms with Crippen LogP contribution in [0.15, 0.2) is 41.0 Å². The molecule has 1 fully saturated rings. The topological polar surface area (TPSA) is 129 Å². The largest absolute Gasteiger partial charge is 0.481 e. The summed E-state index contributed by atoms with van der Waals surface area (Å²) in [5.41, 5.74) is 1.53. The normalized spacial score (nSPS) is 20.2. The molecule has 0 saturated carbocycles. The third kappa shape index (κ3) is 4.04. The predicted octanol–water partition coefficient (Wildman–Crippen LogP) is 1.42. The fraction of sp³-hybridized carbons (Fsp3) is 0.300. The molecule has 2 aliphatic heterocycles. The maximum atomic E-state index is 13.2. The Morgan fingerprint density at radius 1 is 1.27 bits per heavy atom. The van der Waals surface area contributed by atoms with E-state index in [4.69, 9.17) is 9.52 Å². The number of nitrogens with one attached hydrogen (secondary N) is 2. The Balaban J connectivity index is 1.49. The zero-order valence-corrected chi connectivity index (χ0v) is 16.6. The molecule has 2 aromatic rings. The van der Waals surface area contributed by atoms with Crippen molar-refractivity contribution in [1.29, 1.82) is 0 Å². The van der Waals surface area contributed by atoms with E-state index in [0.29, 0.717) is 23.4 Å². The maximum absolute atomic E-state index is 13.2. The van der Waals surface area contributed by atoms with Gasteiger partial charge in [0.25, 0.3) is 5.91 Å². The van der Waals surface area contributed by atoms with Gasteiger partial charge in [-0.05, 0) is 36.8 Å². The Hall–Kier alpha value is -3.27. The van der Waals surface area contributed by atoms with E-state index < -0.39 is 12.0 Å². The van der Waals surface area contributed by atoms with Crippen molar-refractivity contribution in [3.05, 3.63) is 42.2 Å². The van der Waals surface area contributed by atoms with Gasteiger partial charge in [-0.3, -0.25) is 19.2 Å². The van der Waals surface area contributed by atoms with Crippen molar-refractivity contribution in [2.45, 2.75) is 18.5 Å². The van der Waals surface area contributed by atoms with Crippen molar-refractivity contribution in [3.8, 4) is 11.3 Å². The second kappa shape index (κ2) is 8.23. The quantitative estimate of drug-likeness (QED) is 0.633. The zero-order chi connectivity index (χ0) is 21.3. The number of carboxylic acid groups (broad SMARTS) is 1. The molecule has 0 bridgehead atoms. The summed E-state index contributed by atoms with van der Waals surface area (Å²) in [6.45, 7) is 0.205. The lowest BCUT2D eigenvalue weighted by Crippen LogP contribution is -2.41. The van der Waals surface area contributed by atoms with Gasteiger partial charge in [0.2, 0.25) is 11.8 Å². The summed E-state index contributed by atoms with van der Waals surface area (Å²) in [5, 5.41) is 14.2. The van der Waals surface area contributed by atoms with E-state index in [1.54, 1.807) is 36.6 Å². The van der Waals surface area contributed by atoms with Crippen molar-refractivity contribution in [2.24, 2.45) is 0 Å². The molecule has 0 aliphatic carbocycles. The van der Waals surface area contributed by atoms with Crippen LogP contribution in [0.4, 0.5) is 5.69 Å². The van der Waals surface area contributed by atoms with Gasteiger partial charge in [0.1, 0.15) is 11.8 Å². The van der Waals surface area contributed by atoms with Crippen LogP contribution in [0.2, 0.25) is 0 Å². The molecule has 2 aliphatic rings. The molecule has 3 amide bonds. The molecule has 2 unspecified atom stereocenters. The molecule has 30 heavy (non-hydrogen) atoms. The number of thioether (sulfide) groups is 1. The minimum absolute atomic E-state index is 0.00293. The molecule has 9 nitrogen and oxygen atoms in total. The van der Waals surface area contributed by atoms with Gasteiger partial charge in [-0.1, -0.05) is 0 Å². The number of carbonyl (C=O) groups excluding carboxylic acids is 3. The molecule has 156 valence electrons. The predicted molar refractivity (Wildman–Crippen MR) is 109 cm³/mol. The van der Waals surface area contributed by atoms with E-state index >= 15 is 0 Å². The van der Waals surface area contributed by atoms with E-state index in [2.05, 4.69) is 10.6 Å². The van der Waals surface area contributed by atoms with Crippen LogP contribution in [0.25, 0.3) is 11.3 Å². The second-order valence-electron chi connectivity index (χ2n) is 7.09. The standard InChI is InChI=1S/C20H19N3O6S/c24-17(9-30-10-18(25)26)21-12-7-15-19(27)22-14-4-3-11(16-2-1-5-29-16)6-13(14)20(28)23(15)8-12/h1-6,12,15H,7-10H2,(H,21,24)(H,22,27)(H,25,26). The van der Waals surface area contributed by atoms with Gasteiger partial charge in [-0.15, -0.1) is 11.8 Å². The van der Waals surface area contributed by atoms with Crippen molar-refractivity contribution in [2.75, 3.05) is 23.4 Å². The molecular formula is C20H19N3O6S. The molecule has 10 heteroatoms. The number of benzene rings is 1. The molecule has 0 spiro atoms. The number of carbonyl (C=O) groups is 4. The maximum Gasteiger partial charge on any atom is 0.313 e. The minimum atomic E-state index is -0.989. The Labute approximate surface area is 175 Å². The number of hydrogen-bond acceptors (Lipinski definition) is 6. The summed E-state index contributed by atoms with van der Waals surface area (Å²) in [4.78, 5) is 50.0. The number of nitrogens with zero attached hydrogens (tertiary/aromatic N) is 1. The smallest absolute Gasteiger partial charge is 0.313 e. The van der Waals surface area contributed by atoms with E-state index in [-0.39, 0.29) is 41.8 Å². The Morgan fingerprint density at radius 2 is 2.10 bits per heavy atom. The number of aliphatic carboxylic acids is 1. The SMILES string of the molecule is O=C(O)CSCC(=O)NC1CC2C(=O)Nc3ccc(-c4ccco4)cc3C(=O)N2C1. The van der Waals surface area contributed by atoms with E-state index in [1.807, 2.05) is 0 Å². The molecule has 1 aromatic carbocycles. The first-order valence-electron chi connectivity index (χ1n) is 9.31. The highest BCUT2D eigenvalue weighted by Crippen LogP contribution is 2.32. The number of furan rings is 1. The average molecular weight is 429 g/mol. The third-order valence-electron chi connectivity index (χ3n) is 5.00. The summed E-state index contributed by atoms with van der Waals surface area (Å²) in [6.07, 6.45) is 1.84. The van der Waals surface area contributed by atoms with Crippen molar-refractivity contribution < 1.29 is 28.7 Å². The van der Waals surface area contributed by atoms with Crippen LogP contribution in [0.5, 0.6) is 0 Å². The van der Waals surface area contributed by atoms with Crippen LogP contribution in [0, 0.1) is 0 Å². The van der Waals surface area contributed by atoms with Gasteiger partial charge in [0, 0.05) is 18.2 Å². The number of anilines is 1. The Bertz CT molecular complexity index is 1010. The minimum Gasteiger partial charge on any atom is -0.481 e. The van der Waals surface area contributed by atoms with Crippen LogP contribution >= 0.6 is 11.8 Å². The van der Waals surface area contributed by atoms with Crippen LogP contribution in [-0.4, -0.2) is 63.8 Å². The average Bonchev–Trinajstić information content (AvgIpc) is 3.36. The highest BCUT2D eigenvalue weighted by molar-refractivity contribution is 8.00. The highest BCUT2D eigenvalue weighted by Gasteiger charge is 2.43. The molecular weight excluding hydrogens is 410 g/mol. The van der Waals surface area contributed by atoms with Gasteiger partial charge >= 0.3 is 5.97 Å². The first-order valence-corrected chi connectivity index (χ1v) is 10.5. The molecule has 0 radical (unpaired) electrons.